The van der Waals surface area contributed by atoms with E-state index >= 15 is 0 Å². The Balaban J connectivity index is 1.41. The highest BCUT2D eigenvalue weighted by Gasteiger charge is 2.28. The molecular formula is C24H25NO. The molecule has 4 rings (SSSR count). The zero-order valence-electron chi connectivity index (χ0n) is 15.1. The molecule has 0 saturated heterocycles. The van der Waals surface area contributed by atoms with Gasteiger partial charge in [0.1, 0.15) is 0 Å². The van der Waals surface area contributed by atoms with E-state index in [-0.39, 0.29) is 5.92 Å². The summed E-state index contributed by atoms with van der Waals surface area (Å²) in [4.78, 5) is 15.1. The van der Waals surface area contributed by atoms with Gasteiger partial charge < -0.3 is 4.90 Å². The standard InChI is InChI=1S/C24H25NO/c26-24(23-13-7-12-22(18-23)20-10-5-2-6-11-20)25-16-14-21(15-17-25)19-8-3-1-4-9-19/h1-6,8-12,14,23H,7,13,15-18H2. The number of nitrogens with zero attached hydrogens (tertiary/aromatic N) is 1. The third kappa shape index (κ3) is 3.65. The molecule has 0 aromatic heterocycles. The summed E-state index contributed by atoms with van der Waals surface area (Å²) in [6.07, 6.45) is 8.33. The monoisotopic (exact) mass is 343 g/mol. The second-order valence-electron chi connectivity index (χ2n) is 7.20. The predicted molar refractivity (Wildman–Crippen MR) is 107 cm³/mol. The Morgan fingerprint density at radius 1 is 0.846 bits per heavy atom. The number of rotatable bonds is 3. The van der Waals surface area contributed by atoms with Gasteiger partial charge in [0.25, 0.3) is 0 Å². The number of hydrogen-bond donors (Lipinski definition) is 0. The van der Waals surface area contributed by atoms with Crippen LogP contribution in [0.15, 0.2) is 72.8 Å². The van der Waals surface area contributed by atoms with Crippen molar-refractivity contribution in [2.45, 2.75) is 25.7 Å². The van der Waals surface area contributed by atoms with Crippen molar-refractivity contribution in [1.82, 2.24) is 4.90 Å². The van der Waals surface area contributed by atoms with E-state index in [1.165, 1.54) is 22.3 Å². The van der Waals surface area contributed by atoms with Crippen LogP contribution in [0.1, 0.15) is 36.8 Å². The Bertz CT molecular complexity index is 820. The van der Waals surface area contributed by atoms with Gasteiger partial charge in [-0.1, -0.05) is 72.8 Å². The average Bonchev–Trinajstić information content (AvgIpc) is 2.75. The Labute approximate surface area is 155 Å². The summed E-state index contributed by atoms with van der Waals surface area (Å²) < 4.78 is 0. The smallest absolute Gasteiger partial charge is 0.226 e. The first-order valence-electron chi connectivity index (χ1n) is 9.59. The fourth-order valence-corrected chi connectivity index (χ4v) is 4.05. The van der Waals surface area contributed by atoms with Gasteiger partial charge in [0.05, 0.1) is 0 Å². The van der Waals surface area contributed by atoms with Gasteiger partial charge in [0.2, 0.25) is 5.91 Å². The molecule has 0 N–H and O–H groups in total. The SMILES string of the molecule is O=C(C1CCC=C(c2ccccc2)C1)N1CC=C(c2ccccc2)CC1. The first-order valence-corrected chi connectivity index (χ1v) is 9.59. The van der Waals surface area contributed by atoms with Crippen LogP contribution >= 0.6 is 0 Å². The minimum Gasteiger partial charge on any atom is -0.338 e. The van der Waals surface area contributed by atoms with Crippen LogP contribution in [-0.2, 0) is 4.79 Å². The van der Waals surface area contributed by atoms with Gasteiger partial charge in [-0.3, -0.25) is 4.79 Å². The number of hydrogen-bond acceptors (Lipinski definition) is 1. The van der Waals surface area contributed by atoms with Crippen LogP contribution in [-0.4, -0.2) is 23.9 Å². The third-order valence-corrected chi connectivity index (χ3v) is 5.53. The van der Waals surface area contributed by atoms with Crippen molar-refractivity contribution in [3.8, 4) is 0 Å². The van der Waals surface area contributed by atoms with Crippen molar-refractivity contribution in [2.75, 3.05) is 13.1 Å². The molecule has 2 aromatic rings. The van der Waals surface area contributed by atoms with Gasteiger partial charge in [-0.25, -0.2) is 0 Å². The molecule has 132 valence electrons. The highest BCUT2D eigenvalue weighted by molar-refractivity contribution is 5.83. The lowest BCUT2D eigenvalue weighted by Gasteiger charge is -2.32. The Hall–Kier alpha value is -2.61. The minimum absolute atomic E-state index is 0.127. The molecule has 2 nitrogen and oxygen atoms in total. The summed E-state index contributed by atoms with van der Waals surface area (Å²) >= 11 is 0. The van der Waals surface area contributed by atoms with E-state index in [9.17, 15) is 4.79 Å². The number of allylic oxidation sites excluding steroid dienone is 2. The van der Waals surface area contributed by atoms with Crippen molar-refractivity contribution in [1.29, 1.82) is 0 Å². The predicted octanol–water partition coefficient (Wildman–Crippen LogP) is 5.19. The first-order chi connectivity index (χ1) is 12.8. The molecule has 0 bridgehead atoms. The molecule has 2 heteroatoms. The van der Waals surface area contributed by atoms with E-state index in [2.05, 4.69) is 60.7 Å². The molecular weight excluding hydrogens is 318 g/mol. The molecule has 26 heavy (non-hydrogen) atoms. The second-order valence-corrected chi connectivity index (χ2v) is 7.20. The van der Waals surface area contributed by atoms with E-state index in [4.69, 9.17) is 0 Å². The van der Waals surface area contributed by atoms with Gasteiger partial charge in [-0.15, -0.1) is 0 Å². The number of amides is 1. The van der Waals surface area contributed by atoms with Crippen LogP contribution in [0.5, 0.6) is 0 Å². The Morgan fingerprint density at radius 3 is 2.12 bits per heavy atom. The number of carbonyl (C=O) groups is 1. The van der Waals surface area contributed by atoms with Crippen LogP contribution < -0.4 is 0 Å². The van der Waals surface area contributed by atoms with Gasteiger partial charge >= 0.3 is 0 Å². The van der Waals surface area contributed by atoms with Crippen molar-refractivity contribution in [3.05, 3.63) is 83.9 Å². The average molecular weight is 343 g/mol. The summed E-state index contributed by atoms with van der Waals surface area (Å²) in [5.74, 6) is 0.455. The molecule has 1 aliphatic heterocycles. The summed E-state index contributed by atoms with van der Waals surface area (Å²) in [6.45, 7) is 1.57. The fourth-order valence-electron chi connectivity index (χ4n) is 4.05. The normalized spacial score (nSPS) is 20.3. The molecule has 0 saturated carbocycles. The van der Waals surface area contributed by atoms with Gasteiger partial charge in [0, 0.05) is 19.0 Å². The van der Waals surface area contributed by atoms with E-state index in [1.807, 2.05) is 17.0 Å². The van der Waals surface area contributed by atoms with E-state index in [1.54, 1.807) is 0 Å². The van der Waals surface area contributed by atoms with Crippen LogP contribution in [0.2, 0.25) is 0 Å². The molecule has 1 heterocycles. The minimum atomic E-state index is 0.127. The van der Waals surface area contributed by atoms with Gasteiger partial charge in [-0.2, -0.15) is 0 Å². The third-order valence-electron chi connectivity index (χ3n) is 5.53. The maximum atomic E-state index is 13.0. The lowest BCUT2D eigenvalue weighted by molar-refractivity contribution is -0.135. The quantitative estimate of drug-likeness (QED) is 0.751. The van der Waals surface area contributed by atoms with Crippen LogP contribution in [0.25, 0.3) is 11.1 Å². The van der Waals surface area contributed by atoms with E-state index < -0.39 is 0 Å². The molecule has 0 spiro atoms. The van der Waals surface area contributed by atoms with E-state index in [0.717, 1.165) is 38.8 Å². The first kappa shape index (κ1) is 16.8. The lowest BCUT2D eigenvalue weighted by Crippen LogP contribution is -2.39. The molecule has 0 radical (unpaired) electrons. The van der Waals surface area contributed by atoms with Crippen LogP contribution in [0.3, 0.4) is 0 Å². The topological polar surface area (TPSA) is 20.3 Å². The van der Waals surface area contributed by atoms with Crippen molar-refractivity contribution < 1.29 is 4.79 Å². The maximum absolute atomic E-state index is 13.0. The summed E-state index contributed by atoms with van der Waals surface area (Å²) in [5.41, 5.74) is 5.23. The highest BCUT2D eigenvalue weighted by Crippen LogP contribution is 2.33. The lowest BCUT2D eigenvalue weighted by atomic mass is 9.84. The molecule has 1 amide bonds. The fraction of sp³-hybridized carbons (Fsp3) is 0.292. The van der Waals surface area contributed by atoms with Crippen molar-refractivity contribution in [3.63, 3.8) is 0 Å². The summed E-state index contributed by atoms with van der Waals surface area (Å²) in [7, 11) is 0. The Kier molecular flexibility index (Phi) is 5.01. The van der Waals surface area contributed by atoms with Gasteiger partial charge in [0.15, 0.2) is 0 Å². The molecule has 0 fully saturated rings. The zero-order valence-corrected chi connectivity index (χ0v) is 15.1. The molecule has 1 atom stereocenters. The highest BCUT2D eigenvalue weighted by atomic mass is 16.2. The van der Waals surface area contributed by atoms with Crippen LogP contribution in [0.4, 0.5) is 0 Å². The number of benzene rings is 2. The largest absolute Gasteiger partial charge is 0.338 e. The second kappa shape index (κ2) is 7.74. The maximum Gasteiger partial charge on any atom is 0.226 e. The molecule has 2 aromatic carbocycles. The molecule has 1 aliphatic carbocycles. The summed E-state index contributed by atoms with van der Waals surface area (Å²) in [5, 5.41) is 0. The van der Waals surface area contributed by atoms with Crippen LogP contribution in [0, 0.1) is 5.92 Å². The molecule has 1 unspecified atom stereocenters. The molecule has 2 aliphatic rings. The van der Waals surface area contributed by atoms with E-state index in [0.29, 0.717) is 5.91 Å². The number of carbonyl (C=O) groups excluding carboxylic acids is 1. The van der Waals surface area contributed by atoms with Gasteiger partial charge in [-0.05, 0) is 48.0 Å². The summed E-state index contributed by atoms with van der Waals surface area (Å²) in [6, 6.07) is 21.0. The van der Waals surface area contributed by atoms with Crippen molar-refractivity contribution >= 4 is 17.1 Å². The zero-order chi connectivity index (χ0) is 17.8. The Morgan fingerprint density at radius 2 is 1.50 bits per heavy atom. The van der Waals surface area contributed by atoms with Crippen molar-refractivity contribution in [2.24, 2.45) is 5.92 Å².